The number of amides is 4. The van der Waals surface area contributed by atoms with Crippen LogP contribution in [0.4, 0.5) is 4.79 Å². The maximum absolute atomic E-state index is 12.7. The van der Waals surface area contributed by atoms with Gasteiger partial charge in [0.1, 0.15) is 17.1 Å². The molecule has 7 nitrogen and oxygen atoms in total. The van der Waals surface area contributed by atoms with Gasteiger partial charge in [0, 0.05) is 0 Å². The monoisotopic (exact) mass is 388 g/mol. The Kier molecular flexibility index (Phi) is 5.32. The number of hydrogen-bond donors (Lipinski definition) is 1. The van der Waals surface area contributed by atoms with E-state index in [4.69, 9.17) is 20.8 Å². The second kappa shape index (κ2) is 7.67. The lowest BCUT2D eigenvalue weighted by atomic mass is 10.1. The summed E-state index contributed by atoms with van der Waals surface area (Å²) in [6.07, 6.45) is 2.77. The Morgan fingerprint density at radius 3 is 2.67 bits per heavy atom. The van der Waals surface area contributed by atoms with Crippen molar-refractivity contribution in [3.8, 4) is 5.75 Å². The third-order valence-electron chi connectivity index (χ3n) is 3.71. The van der Waals surface area contributed by atoms with Crippen molar-refractivity contribution in [1.29, 1.82) is 0 Å². The molecule has 8 heteroatoms. The van der Waals surface area contributed by atoms with Crippen LogP contribution in [0.1, 0.15) is 25.2 Å². The summed E-state index contributed by atoms with van der Waals surface area (Å²) in [5.74, 6) is -0.550. The molecule has 1 aromatic heterocycles. The van der Waals surface area contributed by atoms with E-state index in [1.807, 2.05) is 13.8 Å². The molecule has 1 N–H and O–H groups in total. The van der Waals surface area contributed by atoms with Crippen molar-refractivity contribution in [1.82, 2.24) is 10.2 Å². The minimum absolute atomic E-state index is 0.0430. The van der Waals surface area contributed by atoms with E-state index in [1.165, 1.54) is 12.3 Å². The van der Waals surface area contributed by atoms with Gasteiger partial charge in [-0.2, -0.15) is 0 Å². The van der Waals surface area contributed by atoms with Crippen LogP contribution >= 0.6 is 11.6 Å². The second-order valence-electron chi connectivity index (χ2n) is 6.14. The van der Waals surface area contributed by atoms with Crippen molar-refractivity contribution in [2.24, 2.45) is 0 Å². The van der Waals surface area contributed by atoms with Crippen molar-refractivity contribution in [3.05, 3.63) is 58.5 Å². The number of rotatable bonds is 5. The first-order valence-corrected chi connectivity index (χ1v) is 8.60. The predicted octanol–water partition coefficient (Wildman–Crippen LogP) is 3.38. The fourth-order valence-corrected chi connectivity index (χ4v) is 2.75. The van der Waals surface area contributed by atoms with Crippen LogP contribution in [0.5, 0.6) is 5.75 Å². The molecule has 1 aliphatic heterocycles. The molecule has 0 unspecified atom stereocenters. The summed E-state index contributed by atoms with van der Waals surface area (Å²) in [6, 6.07) is 7.40. The van der Waals surface area contributed by atoms with Crippen molar-refractivity contribution in [2.45, 2.75) is 26.5 Å². The molecule has 1 fully saturated rings. The van der Waals surface area contributed by atoms with Gasteiger partial charge in [0.25, 0.3) is 11.8 Å². The quantitative estimate of drug-likeness (QED) is 0.626. The summed E-state index contributed by atoms with van der Waals surface area (Å²) in [6.45, 7) is 3.67. The highest BCUT2D eigenvalue weighted by molar-refractivity contribution is 6.33. The van der Waals surface area contributed by atoms with Gasteiger partial charge >= 0.3 is 6.03 Å². The predicted molar refractivity (Wildman–Crippen MR) is 98.0 cm³/mol. The van der Waals surface area contributed by atoms with Crippen LogP contribution in [-0.2, 0) is 16.1 Å². The largest absolute Gasteiger partial charge is 0.489 e. The number of hydrogen-bond acceptors (Lipinski definition) is 5. The summed E-state index contributed by atoms with van der Waals surface area (Å²) in [5.41, 5.74) is 0.358. The lowest BCUT2D eigenvalue weighted by Crippen LogP contribution is -2.53. The number of carbonyl (C=O) groups excluding carboxylic acids is 3. The lowest BCUT2D eigenvalue weighted by Gasteiger charge is -2.25. The Bertz CT molecular complexity index is 918. The van der Waals surface area contributed by atoms with Gasteiger partial charge in [-0.1, -0.05) is 17.7 Å². The first-order chi connectivity index (χ1) is 12.8. The van der Waals surface area contributed by atoms with Gasteiger partial charge in [-0.25, -0.2) is 4.79 Å². The first kappa shape index (κ1) is 18.7. The smallest absolute Gasteiger partial charge is 0.331 e. The van der Waals surface area contributed by atoms with E-state index >= 15 is 0 Å². The van der Waals surface area contributed by atoms with Crippen LogP contribution in [-0.4, -0.2) is 28.8 Å². The molecular formula is C19H17ClN2O5. The highest BCUT2D eigenvalue weighted by Gasteiger charge is 2.36. The van der Waals surface area contributed by atoms with Crippen LogP contribution in [0.15, 0.2) is 46.6 Å². The van der Waals surface area contributed by atoms with E-state index in [0.717, 1.165) is 4.90 Å². The number of benzene rings is 1. The molecule has 1 aliphatic rings. The van der Waals surface area contributed by atoms with Crippen molar-refractivity contribution < 1.29 is 23.5 Å². The van der Waals surface area contributed by atoms with Crippen LogP contribution in [0.2, 0.25) is 5.02 Å². The summed E-state index contributed by atoms with van der Waals surface area (Å²) in [7, 11) is 0. The van der Waals surface area contributed by atoms with E-state index in [2.05, 4.69) is 5.32 Å². The molecule has 27 heavy (non-hydrogen) atoms. The number of ether oxygens (including phenoxy) is 1. The highest BCUT2D eigenvalue weighted by Crippen LogP contribution is 2.28. The summed E-state index contributed by atoms with van der Waals surface area (Å²) >= 11 is 6.19. The zero-order chi connectivity index (χ0) is 19.6. The van der Waals surface area contributed by atoms with Gasteiger partial charge in [-0.05, 0) is 49.8 Å². The molecule has 0 aliphatic carbocycles. The Hall–Kier alpha value is -3.06. The average Bonchev–Trinajstić information content (AvgIpc) is 3.10. The molecule has 1 aromatic carbocycles. The molecule has 4 amide bonds. The Morgan fingerprint density at radius 1 is 1.26 bits per heavy atom. The molecule has 3 rings (SSSR count). The third kappa shape index (κ3) is 4.20. The summed E-state index contributed by atoms with van der Waals surface area (Å²) in [5, 5.41) is 2.51. The van der Waals surface area contributed by atoms with Crippen molar-refractivity contribution >= 4 is 35.5 Å². The van der Waals surface area contributed by atoms with Gasteiger partial charge in [0.05, 0.1) is 23.9 Å². The molecule has 140 valence electrons. The minimum atomic E-state index is -0.794. The number of imide groups is 2. The second-order valence-corrected chi connectivity index (χ2v) is 6.55. The minimum Gasteiger partial charge on any atom is -0.489 e. The topological polar surface area (TPSA) is 88.8 Å². The van der Waals surface area contributed by atoms with Gasteiger partial charge in [0.2, 0.25) is 0 Å². The van der Waals surface area contributed by atoms with Gasteiger partial charge in [-0.3, -0.25) is 19.8 Å². The van der Waals surface area contributed by atoms with Gasteiger partial charge in [0.15, 0.2) is 0 Å². The van der Waals surface area contributed by atoms with Crippen LogP contribution in [0, 0.1) is 0 Å². The van der Waals surface area contributed by atoms with Crippen molar-refractivity contribution in [2.75, 3.05) is 0 Å². The number of carbonyl (C=O) groups is 3. The number of halogens is 1. The van der Waals surface area contributed by atoms with E-state index in [-0.39, 0.29) is 18.2 Å². The number of nitrogens with one attached hydrogen (secondary N) is 1. The molecule has 0 atom stereocenters. The molecular weight excluding hydrogens is 372 g/mol. The van der Waals surface area contributed by atoms with Gasteiger partial charge < -0.3 is 9.15 Å². The maximum Gasteiger partial charge on any atom is 0.331 e. The lowest BCUT2D eigenvalue weighted by molar-refractivity contribution is -0.130. The van der Waals surface area contributed by atoms with Crippen molar-refractivity contribution in [3.63, 3.8) is 0 Å². The first-order valence-electron chi connectivity index (χ1n) is 8.22. The molecule has 1 saturated heterocycles. The zero-order valence-corrected chi connectivity index (χ0v) is 15.4. The van der Waals surface area contributed by atoms with E-state index in [9.17, 15) is 14.4 Å². The average molecular weight is 389 g/mol. The van der Waals surface area contributed by atoms with E-state index < -0.39 is 17.8 Å². The Balaban J connectivity index is 1.87. The highest BCUT2D eigenvalue weighted by atomic mass is 35.5. The number of nitrogens with zero attached hydrogens (tertiary/aromatic N) is 1. The van der Waals surface area contributed by atoms with Crippen LogP contribution < -0.4 is 10.1 Å². The van der Waals surface area contributed by atoms with Gasteiger partial charge in [-0.15, -0.1) is 0 Å². The molecule has 0 saturated carbocycles. The summed E-state index contributed by atoms with van der Waals surface area (Å²) in [4.78, 5) is 37.7. The molecule has 0 radical (unpaired) electrons. The number of barbiturate groups is 1. The van der Waals surface area contributed by atoms with E-state index in [1.54, 1.807) is 30.3 Å². The molecule has 0 spiro atoms. The number of urea groups is 1. The molecule has 2 aromatic rings. The zero-order valence-electron chi connectivity index (χ0n) is 14.7. The molecule has 2 heterocycles. The van der Waals surface area contributed by atoms with Crippen LogP contribution in [0.25, 0.3) is 6.08 Å². The standard InChI is InChI=1S/C19H17ClN2O5/c1-11(2)27-16-6-5-12(9-15(16)20)8-14-17(23)21-19(25)22(18(14)24)10-13-4-3-7-26-13/h3-9,11H,10H2,1-2H3,(H,21,23,25)/b14-8+. The van der Waals surface area contributed by atoms with E-state index in [0.29, 0.717) is 22.1 Å². The Labute approximate surface area is 160 Å². The fourth-order valence-electron chi connectivity index (χ4n) is 2.52. The summed E-state index contributed by atoms with van der Waals surface area (Å²) < 4.78 is 10.7. The SMILES string of the molecule is CC(C)Oc1ccc(/C=C2\C(=O)NC(=O)N(Cc3ccco3)C2=O)cc1Cl. The number of furan rings is 1. The third-order valence-corrected chi connectivity index (χ3v) is 4.00. The normalized spacial score (nSPS) is 16.2. The fraction of sp³-hybridized carbons (Fsp3) is 0.211. The maximum atomic E-state index is 12.7. The Morgan fingerprint density at radius 2 is 2.04 bits per heavy atom. The van der Waals surface area contributed by atoms with Crippen LogP contribution in [0.3, 0.4) is 0 Å². The molecule has 0 bridgehead atoms.